The molecule has 222 valence electrons. The third-order valence-corrected chi connectivity index (χ3v) is 7.10. The fourth-order valence-electron chi connectivity index (χ4n) is 4.44. The van der Waals surface area contributed by atoms with Crippen LogP contribution in [0.3, 0.4) is 0 Å². The first-order valence-electron chi connectivity index (χ1n) is 13.6. The summed E-state index contributed by atoms with van der Waals surface area (Å²) in [6, 6.07) is 26.7. The SMILES string of the molecule is CCOc1cc(C=NNC(=O)c2cc(-c3ccc(Br)cc3)nc3ccccc23)ccc1OC(=O)c1ccc(OC)c(OC)c1. The number of fused-ring (bicyclic) bond motifs is 1. The first kappa shape index (κ1) is 30.2. The van der Waals surface area contributed by atoms with E-state index in [0.29, 0.717) is 51.6 Å². The van der Waals surface area contributed by atoms with Crippen LogP contribution >= 0.6 is 15.9 Å². The molecule has 0 fully saturated rings. The maximum Gasteiger partial charge on any atom is 0.343 e. The van der Waals surface area contributed by atoms with E-state index in [1.165, 1.54) is 20.4 Å². The number of rotatable bonds is 10. The van der Waals surface area contributed by atoms with Crippen molar-refractivity contribution in [2.45, 2.75) is 6.92 Å². The van der Waals surface area contributed by atoms with Crippen LogP contribution in [0.5, 0.6) is 23.0 Å². The van der Waals surface area contributed by atoms with Gasteiger partial charge in [0.05, 0.1) is 49.4 Å². The molecule has 0 saturated carbocycles. The second-order valence-corrected chi connectivity index (χ2v) is 10.3. The van der Waals surface area contributed by atoms with Crippen molar-refractivity contribution in [2.75, 3.05) is 20.8 Å². The average Bonchev–Trinajstić information content (AvgIpc) is 3.05. The Bertz CT molecular complexity index is 1860. The number of aromatic nitrogens is 1. The molecule has 1 heterocycles. The molecule has 44 heavy (non-hydrogen) atoms. The summed E-state index contributed by atoms with van der Waals surface area (Å²) in [5.74, 6) is 0.505. The first-order chi connectivity index (χ1) is 21.4. The summed E-state index contributed by atoms with van der Waals surface area (Å²) in [4.78, 5) is 30.9. The van der Waals surface area contributed by atoms with Crippen molar-refractivity contribution < 1.29 is 28.5 Å². The Balaban J connectivity index is 1.34. The Labute approximate surface area is 262 Å². The number of pyridine rings is 1. The zero-order valence-electron chi connectivity index (χ0n) is 24.2. The molecule has 10 heteroatoms. The van der Waals surface area contributed by atoms with Crippen LogP contribution in [-0.4, -0.2) is 43.9 Å². The topological polar surface area (TPSA) is 108 Å². The van der Waals surface area contributed by atoms with E-state index < -0.39 is 5.97 Å². The highest BCUT2D eigenvalue weighted by molar-refractivity contribution is 9.10. The number of nitrogens with one attached hydrogen (secondary N) is 1. The van der Waals surface area contributed by atoms with Gasteiger partial charge in [0.1, 0.15) is 0 Å². The number of ether oxygens (including phenoxy) is 4. The van der Waals surface area contributed by atoms with Crippen molar-refractivity contribution in [1.82, 2.24) is 10.4 Å². The van der Waals surface area contributed by atoms with Crippen molar-refractivity contribution >= 4 is 44.9 Å². The standard InChI is InChI=1S/C34H28BrN3O6/c1-4-43-32-17-21(9-15-30(32)44-34(40)23-12-16-29(41-2)31(18-23)42-3)20-36-38-33(39)26-19-28(22-10-13-24(35)14-11-22)37-27-8-6-5-7-25(26)27/h5-20H,4H2,1-3H3,(H,38,39). The summed E-state index contributed by atoms with van der Waals surface area (Å²) < 4.78 is 22.8. The van der Waals surface area contributed by atoms with Gasteiger partial charge >= 0.3 is 5.97 Å². The van der Waals surface area contributed by atoms with Crippen molar-refractivity contribution in [3.05, 3.63) is 112 Å². The lowest BCUT2D eigenvalue weighted by Crippen LogP contribution is -2.18. The molecule has 0 atom stereocenters. The second-order valence-electron chi connectivity index (χ2n) is 9.38. The highest BCUT2D eigenvalue weighted by atomic mass is 79.9. The Morgan fingerprint density at radius 2 is 1.61 bits per heavy atom. The number of para-hydroxylation sites is 1. The molecule has 5 rings (SSSR count). The molecule has 0 aliphatic rings. The van der Waals surface area contributed by atoms with Gasteiger partial charge < -0.3 is 18.9 Å². The van der Waals surface area contributed by atoms with E-state index in [1.807, 2.05) is 55.5 Å². The molecule has 0 bridgehead atoms. The summed E-state index contributed by atoms with van der Waals surface area (Å²) in [7, 11) is 3.01. The summed E-state index contributed by atoms with van der Waals surface area (Å²) in [5.41, 5.74) is 6.21. The molecule has 9 nitrogen and oxygen atoms in total. The minimum atomic E-state index is -0.590. The molecule has 0 radical (unpaired) electrons. The maximum absolute atomic E-state index is 13.3. The van der Waals surface area contributed by atoms with Gasteiger partial charge in [-0.15, -0.1) is 0 Å². The van der Waals surface area contributed by atoms with Crippen LogP contribution in [0.15, 0.2) is 101 Å². The number of benzene rings is 4. The van der Waals surface area contributed by atoms with Crippen molar-refractivity contribution in [1.29, 1.82) is 0 Å². The largest absolute Gasteiger partial charge is 0.493 e. The molecule has 0 unspecified atom stereocenters. The molecule has 0 aliphatic heterocycles. The number of carbonyl (C=O) groups excluding carboxylic acids is 2. The highest BCUT2D eigenvalue weighted by Crippen LogP contribution is 2.31. The van der Waals surface area contributed by atoms with Gasteiger partial charge in [-0.3, -0.25) is 4.79 Å². The molecular formula is C34H28BrN3O6. The highest BCUT2D eigenvalue weighted by Gasteiger charge is 2.17. The molecule has 0 spiro atoms. The van der Waals surface area contributed by atoms with E-state index >= 15 is 0 Å². The van der Waals surface area contributed by atoms with E-state index in [9.17, 15) is 9.59 Å². The number of nitrogens with zero attached hydrogens (tertiary/aromatic N) is 2. The molecule has 1 N–H and O–H groups in total. The van der Waals surface area contributed by atoms with Gasteiger partial charge in [0.2, 0.25) is 0 Å². The van der Waals surface area contributed by atoms with Crippen LogP contribution in [0, 0.1) is 0 Å². The van der Waals surface area contributed by atoms with E-state index in [4.69, 9.17) is 23.9 Å². The van der Waals surface area contributed by atoms with Crippen LogP contribution < -0.4 is 24.4 Å². The third-order valence-electron chi connectivity index (χ3n) is 6.57. The summed E-state index contributed by atoms with van der Waals surface area (Å²) >= 11 is 3.45. The van der Waals surface area contributed by atoms with Crippen molar-refractivity contribution in [2.24, 2.45) is 5.10 Å². The normalized spacial score (nSPS) is 10.9. The smallest absolute Gasteiger partial charge is 0.343 e. The maximum atomic E-state index is 13.3. The number of methoxy groups -OCH3 is 2. The monoisotopic (exact) mass is 653 g/mol. The number of hydrogen-bond acceptors (Lipinski definition) is 8. The van der Waals surface area contributed by atoms with E-state index in [1.54, 1.807) is 42.5 Å². The minimum absolute atomic E-state index is 0.233. The Hall–Kier alpha value is -5.22. The fourth-order valence-corrected chi connectivity index (χ4v) is 4.70. The van der Waals surface area contributed by atoms with E-state index in [-0.39, 0.29) is 17.2 Å². The zero-order chi connectivity index (χ0) is 31.1. The van der Waals surface area contributed by atoms with Gasteiger partial charge in [0, 0.05) is 15.4 Å². The van der Waals surface area contributed by atoms with Crippen LogP contribution in [0.2, 0.25) is 0 Å². The van der Waals surface area contributed by atoms with E-state index in [2.05, 4.69) is 26.5 Å². The van der Waals surface area contributed by atoms with Gasteiger partial charge in [-0.05, 0) is 73.2 Å². The van der Waals surface area contributed by atoms with Gasteiger partial charge in [-0.1, -0.05) is 46.3 Å². The van der Waals surface area contributed by atoms with Crippen LogP contribution in [0.25, 0.3) is 22.2 Å². The lowest BCUT2D eigenvalue weighted by Gasteiger charge is -2.12. The molecular weight excluding hydrogens is 626 g/mol. The van der Waals surface area contributed by atoms with Crippen molar-refractivity contribution in [3.8, 4) is 34.3 Å². The number of halogens is 1. The van der Waals surface area contributed by atoms with Gasteiger partial charge in [0.25, 0.3) is 5.91 Å². The quantitative estimate of drug-likeness (QED) is 0.0744. The van der Waals surface area contributed by atoms with Crippen LogP contribution in [-0.2, 0) is 0 Å². The lowest BCUT2D eigenvalue weighted by atomic mass is 10.0. The fraction of sp³-hybridized carbons (Fsp3) is 0.118. The molecule has 1 aromatic heterocycles. The molecule has 0 aliphatic carbocycles. The molecule has 0 saturated heterocycles. The third kappa shape index (κ3) is 6.87. The van der Waals surface area contributed by atoms with Crippen molar-refractivity contribution in [3.63, 3.8) is 0 Å². The first-order valence-corrected chi connectivity index (χ1v) is 14.4. The zero-order valence-corrected chi connectivity index (χ0v) is 25.8. The molecule has 1 amide bonds. The summed E-state index contributed by atoms with van der Waals surface area (Å²) in [6.45, 7) is 2.16. The van der Waals surface area contributed by atoms with Crippen LogP contribution in [0.1, 0.15) is 33.2 Å². The van der Waals surface area contributed by atoms with E-state index in [0.717, 1.165) is 10.0 Å². The average molecular weight is 655 g/mol. The number of hydrogen-bond donors (Lipinski definition) is 1. The molecule has 5 aromatic rings. The number of carbonyl (C=O) groups is 2. The second kappa shape index (κ2) is 13.8. The predicted molar refractivity (Wildman–Crippen MR) is 172 cm³/mol. The lowest BCUT2D eigenvalue weighted by molar-refractivity contribution is 0.0727. The number of amides is 1. The van der Waals surface area contributed by atoms with Gasteiger partial charge in [-0.25, -0.2) is 15.2 Å². The minimum Gasteiger partial charge on any atom is -0.493 e. The number of esters is 1. The summed E-state index contributed by atoms with van der Waals surface area (Å²) in [6.07, 6.45) is 1.49. The Morgan fingerprint density at radius 1 is 0.864 bits per heavy atom. The summed E-state index contributed by atoms with van der Waals surface area (Å²) in [5, 5.41) is 4.88. The Morgan fingerprint density at radius 3 is 2.36 bits per heavy atom. The molecule has 4 aromatic carbocycles. The number of hydrazone groups is 1. The Kier molecular flexibility index (Phi) is 9.51. The van der Waals surface area contributed by atoms with Crippen LogP contribution in [0.4, 0.5) is 0 Å². The van der Waals surface area contributed by atoms with Gasteiger partial charge in [0.15, 0.2) is 23.0 Å². The van der Waals surface area contributed by atoms with Gasteiger partial charge in [-0.2, -0.15) is 5.10 Å². The predicted octanol–water partition coefficient (Wildman–Crippen LogP) is 7.06.